The Morgan fingerprint density at radius 2 is 2.19 bits per heavy atom. The van der Waals surface area contributed by atoms with Crippen LogP contribution in [-0.2, 0) is 0 Å². The second-order valence-corrected chi connectivity index (χ2v) is 5.01. The van der Waals surface area contributed by atoms with Crippen LogP contribution in [-0.4, -0.2) is 9.55 Å². The SMILES string of the molecule is S=c1[nH]c2cc(Cl)ccc2n1-c1ccsc1. The monoisotopic (exact) mass is 266 g/mol. The molecule has 1 N–H and O–H groups in total. The van der Waals surface area contributed by atoms with Crippen molar-refractivity contribution in [3.63, 3.8) is 0 Å². The maximum Gasteiger partial charge on any atom is 0.182 e. The number of thiophene rings is 1. The average Bonchev–Trinajstić information content (AvgIpc) is 2.83. The summed E-state index contributed by atoms with van der Waals surface area (Å²) < 4.78 is 2.70. The van der Waals surface area contributed by atoms with E-state index in [1.54, 1.807) is 11.3 Å². The summed E-state index contributed by atoms with van der Waals surface area (Å²) in [6, 6.07) is 7.77. The standard InChI is InChI=1S/C11H7ClN2S2/c12-7-1-2-10-9(5-7)13-11(15)14(10)8-3-4-16-6-8/h1-6H,(H,13,15). The van der Waals surface area contributed by atoms with E-state index in [9.17, 15) is 0 Å². The summed E-state index contributed by atoms with van der Waals surface area (Å²) in [7, 11) is 0. The molecule has 0 aliphatic heterocycles. The number of hydrogen-bond donors (Lipinski definition) is 1. The van der Waals surface area contributed by atoms with Crippen LogP contribution in [0.3, 0.4) is 0 Å². The molecule has 1 aromatic carbocycles. The fourth-order valence-electron chi connectivity index (χ4n) is 1.72. The lowest BCUT2D eigenvalue weighted by Gasteiger charge is -2.00. The van der Waals surface area contributed by atoms with Gasteiger partial charge < -0.3 is 4.98 Å². The van der Waals surface area contributed by atoms with Gasteiger partial charge in [0.2, 0.25) is 0 Å². The number of halogens is 1. The number of hydrogen-bond acceptors (Lipinski definition) is 2. The molecule has 16 heavy (non-hydrogen) atoms. The molecule has 0 fully saturated rings. The first-order chi connectivity index (χ1) is 7.75. The molecule has 3 rings (SSSR count). The third kappa shape index (κ3) is 1.50. The smallest absolute Gasteiger partial charge is 0.182 e. The van der Waals surface area contributed by atoms with Crippen LogP contribution in [0, 0.1) is 4.77 Å². The van der Waals surface area contributed by atoms with Crippen LogP contribution in [0.15, 0.2) is 35.0 Å². The van der Waals surface area contributed by atoms with Gasteiger partial charge in [-0.05, 0) is 41.9 Å². The highest BCUT2D eigenvalue weighted by molar-refractivity contribution is 7.71. The Kier molecular flexibility index (Phi) is 2.35. The van der Waals surface area contributed by atoms with Gasteiger partial charge in [0.15, 0.2) is 4.77 Å². The molecule has 0 radical (unpaired) electrons. The molecule has 0 bridgehead atoms. The van der Waals surface area contributed by atoms with Crippen molar-refractivity contribution in [2.24, 2.45) is 0 Å². The zero-order chi connectivity index (χ0) is 11.1. The number of imidazole rings is 1. The molecular formula is C11H7ClN2S2. The van der Waals surface area contributed by atoms with E-state index in [2.05, 4.69) is 10.4 Å². The topological polar surface area (TPSA) is 20.7 Å². The van der Waals surface area contributed by atoms with E-state index in [1.807, 2.05) is 34.2 Å². The maximum atomic E-state index is 5.94. The van der Waals surface area contributed by atoms with Crippen LogP contribution in [0.4, 0.5) is 0 Å². The van der Waals surface area contributed by atoms with Crippen LogP contribution >= 0.6 is 35.2 Å². The van der Waals surface area contributed by atoms with Gasteiger partial charge in [0.05, 0.1) is 16.7 Å². The van der Waals surface area contributed by atoms with Crippen molar-refractivity contribution in [2.45, 2.75) is 0 Å². The van der Waals surface area contributed by atoms with Crippen molar-refractivity contribution in [3.8, 4) is 5.69 Å². The first-order valence-electron chi connectivity index (χ1n) is 4.68. The van der Waals surface area contributed by atoms with E-state index in [0.717, 1.165) is 16.7 Å². The Hall–Kier alpha value is -1.10. The number of fused-ring (bicyclic) bond motifs is 1. The molecule has 2 aromatic heterocycles. The molecule has 0 amide bonds. The van der Waals surface area contributed by atoms with Crippen molar-refractivity contribution in [3.05, 3.63) is 44.8 Å². The van der Waals surface area contributed by atoms with E-state index in [-0.39, 0.29) is 0 Å². The van der Waals surface area contributed by atoms with Crippen molar-refractivity contribution in [2.75, 3.05) is 0 Å². The van der Waals surface area contributed by atoms with Gasteiger partial charge in [-0.1, -0.05) is 11.6 Å². The number of nitrogens with one attached hydrogen (secondary N) is 1. The molecule has 0 saturated heterocycles. The lowest BCUT2D eigenvalue weighted by Crippen LogP contribution is -1.90. The Morgan fingerprint density at radius 1 is 1.31 bits per heavy atom. The summed E-state index contributed by atoms with van der Waals surface area (Å²) in [5.41, 5.74) is 3.10. The Labute approximate surface area is 106 Å². The molecule has 0 unspecified atom stereocenters. The summed E-state index contributed by atoms with van der Waals surface area (Å²) in [4.78, 5) is 3.15. The zero-order valence-electron chi connectivity index (χ0n) is 8.11. The van der Waals surface area contributed by atoms with Crippen molar-refractivity contribution < 1.29 is 0 Å². The van der Waals surface area contributed by atoms with E-state index in [1.165, 1.54) is 0 Å². The van der Waals surface area contributed by atoms with Gasteiger partial charge >= 0.3 is 0 Å². The summed E-state index contributed by atoms with van der Waals surface area (Å²) >= 11 is 12.9. The van der Waals surface area contributed by atoms with Gasteiger partial charge in [-0.2, -0.15) is 11.3 Å². The molecule has 0 spiro atoms. The minimum absolute atomic E-state index is 0.690. The largest absolute Gasteiger partial charge is 0.330 e. The van der Waals surface area contributed by atoms with Gasteiger partial charge in [-0.25, -0.2) is 0 Å². The normalized spacial score (nSPS) is 11.1. The highest BCUT2D eigenvalue weighted by Crippen LogP contribution is 2.23. The second kappa shape index (κ2) is 3.73. The first kappa shape index (κ1) is 10.1. The molecule has 80 valence electrons. The average molecular weight is 267 g/mol. The maximum absolute atomic E-state index is 5.94. The third-order valence-electron chi connectivity index (χ3n) is 2.41. The number of rotatable bonds is 1. The van der Waals surface area contributed by atoms with E-state index in [0.29, 0.717) is 9.79 Å². The van der Waals surface area contributed by atoms with Crippen LogP contribution in [0.5, 0.6) is 0 Å². The fraction of sp³-hybridized carbons (Fsp3) is 0. The second-order valence-electron chi connectivity index (χ2n) is 3.41. The first-order valence-corrected chi connectivity index (χ1v) is 6.41. The lowest BCUT2D eigenvalue weighted by molar-refractivity contribution is 1.07. The highest BCUT2D eigenvalue weighted by atomic mass is 35.5. The van der Waals surface area contributed by atoms with Crippen LogP contribution in [0.1, 0.15) is 0 Å². The molecule has 0 aliphatic rings. The van der Waals surface area contributed by atoms with Crippen molar-refractivity contribution >= 4 is 46.2 Å². The number of nitrogens with zero attached hydrogens (tertiary/aromatic N) is 1. The fourth-order valence-corrected chi connectivity index (χ4v) is 2.83. The van der Waals surface area contributed by atoms with E-state index in [4.69, 9.17) is 23.8 Å². The number of aromatic nitrogens is 2. The third-order valence-corrected chi connectivity index (χ3v) is 3.60. The van der Waals surface area contributed by atoms with Crippen LogP contribution < -0.4 is 0 Å². The zero-order valence-corrected chi connectivity index (χ0v) is 10.5. The van der Waals surface area contributed by atoms with Crippen molar-refractivity contribution in [1.82, 2.24) is 9.55 Å². The van der Waals surface area contributed by atoms with Gasteiger partial charge in [0.1, 0.15) is 0 Å². The van der Waals surface area contributed by atoms with Crippen LogP contribution in [0.2, 0.25) is 5.02 Å². The molecular weight excluding hydrogens is 260 g/mol. The molecule has 0 saturated carbocycles. The minimum atomic E-state index is 0.690. The van der Waals surface area contributed by atoms with Crippen LogP contribution in [0.25, 0.3) is 16.7 Å². The predicted molar refractivity (Wildman–Crippen MR) is 71.3 cm³/mol. The predicted octanol–water partition coefficient (Wildman–Crippen LogP) is 4.40. The number of aromatic amines is 1. The Bertz CT molecular complexity index is 694. The van der Waals surface area contributed by atoms with Crippen molar-refractivity contribution in [1.29, 1.82) is 0 Å². The molecule has 5 heteroatoms. The van der Waals surface area contributed by atoms with E-state index < -0.39 is 0 Å². The van der Waals surface area contributed by atoms with Gasteiger partial charge in [-0.3, -0.25) is 4.57 Å². The summed E-state index contributed by atoms with van der Waals surface area (Å²) in [6.07, 6.45) is 0. The summed E-state index contributed by atoms with van der Waals surface area (Å²) in [5, 5.41) is 4.81. The number of benzene rings is 1. The van der Waals surface area contributed by atoms with Gasteiger partial charge in [-0.15, -0.1) is 0 Å². The summed E-state index contributed by atoms with van der Waals surface area (Å²) in [6.45, 7) is 0. The van der Waals surface area contributed by atoms with Gasteiger partial charge in [0.25, 0.3) is 0 Å². The molecule has 2 nitrogen and oxygen atoms in total. The minimum Gasteiger partial charge on any atom is -0.330 e. The molecule has 2 heterocycles. The number of H-pyrrole nitrogens is 1. The van der Waals surface area contributed by atoms with Gasteiger partial charge in [0, 0.05) is 10.4 Å². The summed E-state index contributed by atoms with van der Waals surface area (Å²) in [5.74, 6) is 0. The quantitative estimate of drug-likeness (QED) is 0.648. The molecule has 0 atom stereocenters. The molecule has 3 aromatic rings. The van der Waals surface area contributed by atoms with E-state index >= 15 is 0 Å². The Balaban J connectivity index is 2.41. The molecule has 0 aliphatic carbocycles. The lowest BCUT2D eigenvalue weighted by atomic mass is 10.3. The highest BCUT2D eigenvalue weighted by Gasteiger charge is 2.06. The Morgan fingerprint density at radius 3 is 2.94 bits per heavy atom.